The fourth-order valence-corrected chi connectivity index (χ4v) is 2.42. The summed E-state index contributed by atoms with van der Waals surface area (Å²) in [5.74, 6) is 1.07. The Morgan fingerprint density at radius 2 is 2.14 bits per heavy atom. The average molecular weight is 288 g/mol. The van der Waals surface area contributed by atoms with Gasteiger partial charge in [0.25, 0.3) is 5.89 Å². The van der Waals surface area contributed by atoms with Gasteiger partial charge in [-0.2, -0.15) is 4.98 Å². The lowest BCUT2D eigenvalue weighted by Crippen LogP contribution is -2.40. The third-order valence-electron chi connectivity index (χ3n) is 3.60. The zero-order valence-corrected chi connectivity index (χ0v) is 12.2. The Bertz CT molecular complexity index is 593. The van der Waals surface area contributed by atoms with E-state index in [4.69, 9.17) is 15.0 Å². The van der Waals surface area contributed by atoms with Gasteiger partial charge in [-0.05, 0) is 19.1 Å². The first-order valence-corrected chi connectivity index (χ1v) is 7.19. The summed E-state index contributed by atoms with van der Waals surface area (Å²) in [6.45, 7) is 6.06. The molecule has 0 saturated carbocycles. The first-order chi connectivity index (χ1) is 10.2. The van der Waals surface area contributed by atoms with Crippen LogP contribution in [0.2, 0.25) is 0 Å². The van der Waals surface area contributed by atoms with Crippen molar-refractivity contribution in [1.29, 1.82) is 0 Å². The molecule has 1 unspecified atom stereocenters. The highest BCUT2D eigenvalue weighted by Crippen LogP contribution is 2.20. The molecule has 21 heavy (non-hydrogen) atoms. The molecular weight excluding hydrogens is 268 g/mol. The predicted molar refractivity (Wildman–Crippen MR) is 78.7 cm³/mol. The Hall–Kier alpha value is -1.76. The van der Waals surface area contributed by atoms with Crippen molar-refractivity contribution in [2.75, 3.05) is 32.8 Å². The minimum absolute atomic E-state index is 0.245. The summed E-state index contributed by atoms with van der Waals surface area (Å²) >= 11 is 0. The van der Waals surface area contributed by atoms with E-state index in [1.807, 2.05) is 31.2 Å². The lowest BCUT2D eigenvalue weighted by atomic mass is 10.1. The fourth-order valence-electron chi connectivity index (χ4n) is 2.42. The molecular formula is C15H20N4O2. The number of nitrogens with two attached hydrogens (primary N) is 1. The molecule has 112 valence electrons. The van der Waals surface area contributed by atoms with E-state index in [2.05, 4.69) is 15.0 Å². The Balaban J connectivity index is 1.69. The van der Waals surface area contributed by atoms with Crippen LogP contribution in [0.3, 0.4) is 0 Å². The van der Waals surface area contributed by atoms with Gasteiger partial charge in [-0.15, -0.1) is 0 Å². The fraction of sp³-hybridized carbons (Fsp3) is 0.467. The molecule has 3 rings (SSSR count). The van der Waals surface area contributed by atoms with Crippen LogP contribution in [-0.4, -0.2) is 47.9 Å². The molecule has 1 fully saturated rings. The molecule has 0 aliphatic carbocycles. The van der Waals surface area contributed by atoms with Crippen molar-refractivity contribution in [1.82, 2.24) is 15.0 Å². The number of benzene rings is 1. The van der Waals surface area contributed by atoms with Crippen LogP contribution in [0.25, 0.3) is 11.5 Å². The molecule has 0 bridgehead atoms. The zero-order valence-electron chi connectivity index (χ0n) is 12.2. The van der Waals surface area contributed by atoms with E-state index in [9.17, 15) is 0 Å². The van der Waals surface area contributed by atoms with Gasteiger partial charge in [-0.3, -0.25) is 4.90 Å². The summed E-state index contributed by atoms with van der Waals surface area (Å²) in [6, 6.07) is 7.74. The summed E-state index contributed by atoms with van der Waals surface area (Å²) < 4.78 is 10.7. The molecule has 1 atom stereocenters. The van der Waals surface area contributed by atoms with E-state index in [0.717, 1.165) is 44.0 Å². The van der Waals surface area contributed by atoms with Gasteiger partial charge in [0, 0.05) is 25.2 Å². The van der Waals surface area contributed by atoms with Crippen LogP contribution in [0.15, 0.2) is 28.8 Å². The second kappa shape index (κ2) is 6.34. The van der Waals surface area contributed by atoms with E-state index < -0.39 is 0 Å². The van der Waals surface area contributed by atoms with E-state index >= 15 is 0 Å². The molecule has 2 heterocycles. The molecule has 2 N–H and O–H groups in total. The Morgan fingerprint density at radius 1 is 1.33 bits per heavy atom. The summed E-state index contributed by atoms with van der Waals surface area (Å²) in [4.78, 5) is 6.69. The number of aryl methyl sites for hydroxylation is 1. The highest BCUT2D eigenvalue weighted by Gasteiger charge is 2.20. The zero-order chi connectivity index (χ0) is 14.7. The standard InChI is InChI=1S/C15H20N4O2/c1-11-3-2-4-12(9-11)15-17-14(18-21-15)13(16)10-19-5-7-20-8-6-19/h2-4,9,13H,5-8,10,16H2,1H3. The first-order valence-electron chi connectivity index (χ1n) is 7.19. The SMILES string of the molecule is Cc1cccc(-c2nc(C(N)CN3CCOCC3)no2)c1. The van der Waals surface area contributed by atoms with Crippen molar-refractivity contribution in [3.8, 4) is 11.5 Å². The Kier molecular flexibility index (Phi) is 4.28. The molecule has 0 amide bonds. The molecule has 1 aliphatic rings. The third kappa shape index (κ3) is 3.47. The van der Waals surface area contributed by atoms with E-state index in [-0.39, 0.29) is 6.04 Å². The number of hydrogen-bond donors (Lipinski definition) is 1. The summed E-state index contributed by atoms with van der Waals surface area (Å²) in [5, 5.41) is 4.02. The first kappa shape index (κ1) is 14.2. The maximum Gasteiger partial charge on any atom is 0.257 e. The minimum atomic E-state index is -0.245. The molecule has 0 radical (unpaired) electrons. The maximum atomic E-state index is 6.18. The quantitative estimate of drug-likeness (QED) is 0.915. The van der Waals surface area contributed by atoms with Crippen molar-refractivity contribution in [2.24, 2.45) is 5.73 Å². The number of aromatic nitrogens is 2. The molecule has 1 saturated heterocycles. The minimum Gasteiger partial charge on any atom is -0.379 e. The molecule has 1 aromatic carbocycles. The number of morpholine rings is 1. The van der Waals surface area contributed by atoms with Crippen molar-refractivity contribution < 1.29 is 9.26 Å². The Labute approximate surface area is 123 Å². The third-order valence-corrected chi connectivity index (χ3v) is 3.60. The normalized spacial score (nSPS) is 17.8. The van der Waals surface area contributed by atoms with Gasteiger partial charge >= 0.3 is 0 Å². The number of rotatable bonds is 4. The predicted octanol–water partition coefficient (Wildman–Crippen LogP) is 1.38. The average Bonchev–Trinajstić information content (AvgIpc) is 2.98. The number of hydrogen-bond acceptors (Lipinski definition) is 6. The lowest BCUT2D eigenvalue weighted by molar-refractivity contribution is 0.0348. The van der Waals surface area contributed by atoms with Gasteiger partial charge < -0.3 is 15.0 Å². The van der Waals surface area contributed by atoms with E-state index in [1.165, 1.54) is 0 Å². The van der Waals surface area contributed by atoms with Crippen LogP contribution in [0.1, 0.15) is 17.4 Å². The van der Waals surface area contributed by atoms with Gasteiger partial charge in [-0.1, -0.05) is 22.9 Å². The van der Waals surface area contributed by atoms with Crippen LogP contribution in [0.5, 0.6) is 0 Å². The monoisotopic (exact) mass is 288 g/mol. The van der Waals surface area contributed by atoms with Gasteiger partial charge in [0.1, 0.15) is 0 Å². The van der Waals surface area contributed by atoms with Gasteiger partial charge in [0.05, 0.1) is 19.3 Å². The molecule has 6 heteroatoms. The molecule has 2 aromatic rings. The second-order valence-corrected chi connectivity index (χ2v) is 5.35. The highest BCUT2D eigenvalue weighted by atomic mass is 16.5. The van der Waals surface area contributed by atoms with Gasteiger partial charge in [0.2, 0.25) is 0 Å². The van der Waals surface area contributed by atoms with Crippen LogP contribution in [0.4, 0.5) is 0 Å². The Morgan fingerprint density at radius 3 is 2.90 bits per heavy atom. The number of nitrogens with zero attached hydrogens (tertiary/aromatic N) is 3. The van der Waals surface area contributed by atoms with Gasteiger partial charge in [-0.25, -0.2) is 0 Å². The second-order valence-electron chi connectivity index (χ2n) is 5.35. The van der Waals surface area contributed by atoms with Crippen molar-refractivity contribution in [2.45, 2.75) is 13.0 Å². The smallest absolute Gasteiger partial charge is 0.257 e. The topological polar surface area (TPSA) is 77.4 Å². The van der Waals surface area contributed by atoms with Crippen LogP contribution < -0.4 is 5.73 Å². The molecule has 1 aliphatic heterocycles. The van der Waals surface area contributed by atoms with Crippen LogP contribution in [0, 0.1) is 6.92 Å². The van der Waals surface area contributed by atoms with Crippen molar-refractivity contribution in [3.63, 3.8) is 0 Å². The van der Waals surface area contributed by atoms with E-state index in [0.29, 0.717) is 11.7 Å². The maximum absolute atomic E-state index is 6.18. The summed E-state index contributed by atoms with van der Waals surface area (Å²) in [7, 11) is 0. The highest BCUT2D eigenvalue weighted by molar-refractivity contribution is 5.53. The summed E-state index contributed by atoms with van der Waals surface area (Å²) in [5.41, 5.74) is 8.26. The van der Waals surface area contributed by atoms with Crippen LogP contribution in [-0.2, 0) is 4.74 Å². The number of ether oxygens (including phenoxy) is 1. The van der Waals surface area contributed by atoms with Crippen LogP contribution >= 0.6 is 0 Å². The molecule has 0 spiro atoms. The molecule has 6 nitrogen and oxygen atoms in total. The van der Waals surface area contributed by atoms with E-state index in [1.54, 1.807) is 0 Å². The van der Waals surface area contributed by atoms with Crippen molar-refractivity contribution >= 4 is 0 Å². The lowest BCUT2D eigenvalue weighted by Gasteiger charge is -2.27. The largest absolute Gasteiger partial charge is 0.379 e. The molecule has 1 aromatic heterocycles. The van der Waals surface area contributed by atoms with Gasteiger partial charge in [0.15, 0.2) is 5.82 Å². The van der Waals surface area contributed by atoms with Crippen molar-refractivity contribution in [3.05, 3.63) is 35.7 Å². The summed E-state index contributed by atoms with van der Waals surface area (Å²) in [6.07, 6.45) is 0.